The van der Waals surface area contributed by atoms with Crippen molar-refractivity contribution in [2.75, 3.05) is 19.6 Å². The fourth-order valence-corrected chi connectivity index (χ4v) is 5.32. The zero-order chi connectivity index (χ0) is 25.1. The van der Waals surface area contributed by atoms with Gasteiger partial charge in [-0.1, -0.05) is 24.3 Å². The summed E-state index contributed by atoms with van der Waals surface area (Å²) in [6.07, 6.45) is 3.34. The van der Waals surface area contributed by atoms with E-state index < -0.39 is 12.1 Å². The van der Waals surface area contributed by atoms with Crippen molar-refractivity contribution in [1.82, 2.24) is 10.2 Å². The average molecular weight is 493 g/mol. The van der Waals surface area contributed by atoms with E-state index in [4.69, 9.17) is 14.3 Å². The monoisotopic (exact) mass is 492 g/mol. The highest BCUT2D eigenvalue weighted by Gasteiger charge is 2.45. The molecule has 1 atom stereocenters. The summed E-state index contributed by atoms with van der Waals surface area (Å²) in [5.41, 5.74) is 3.17. The number of carboxylic acids is 1. The number of carboxylic acid groups (broad SMARTS) is 1. The fourth-order valence-electron chi connectivity index (χ4n) is 5.32. The van der Waals surface area contributed by atoms with Gasteiger partial charge in [0.1, 0.15) is 5.76 Å². The Hall–Kier alpha value is -2.81. The first-order valence-corrected chi connectivity index (χ1v) is 12.1. The topological polar surface area (TPSA) is 82.8 Å². The maximum atomic E-state index is 12.5. The first kappa shape index (κ1) is 25.3. The zero-order valence-electron chi connectivity index (χ0n) is 19.5. The van der Waals surface area contributed by atoms with Gasteiger partial charge in [-0.15, -0.1) is 0 Å². The van der Waals surface area contributed by atoms with Gasteiger partial charge in [0.2, 0.25) is 5.91 Å². The van der Waals surface area contributed by atoms with Gasteiger partial charge in [0, 0.05) is 13.0 Å². The summed E-state index contributed by atoms with van der Waals surface area (Å²) in [7, 11) is 0. The summed E-state index contributed by atoms with van der Waals surface area (Å²) >= 11 is 0. The minimum absolute atomic E-state index is 0.235. The Morgan fingerprint density at radius 3 is 2.40 bits per heavy atom. The Bertz CT molecular complexity index is 1010. The van der Waals surface area contributed by atoms with Crippen molar-refractivity contribution in [1.29, 1.82) is 0 Å². The Morgan fingerprint density at radius 2 is 1.80 bits per heavy atom. The highest BCUT2D eigenvalue weighted by atomic mass is 19.4. The number of piperidine rings is 1. The number of hydrogen-bond acceptors (Lipinski definition) is 4. The first-order chi connectivity index (χ1) is 16.7. The SMILES string of the molecule is O=C(CC1CC2(CCN(Cc3ccco3)CC2)c2ccccc21)NCC1CC1.O=C(O)C(F)(F)F. The third kappa shape index (κ3) is 6.45. The molecular formula is C26H31F3N2O4. The van der Waals surface area contributed by atoms with Gasteiger partial charge in [0.05, 0.1) is 12.8 Å². The number of carbonyl (C=O) groups excluding carboxylic acids is 1. The lowest BCUT2D eigenvalue weighted by Gasteiger charge is -2.40. The van der Waals surface area contributed by atoms with E-state index in [0.29, 0.717) is 12.3 Å². The van der Waals surface area contributed by atoms with Crippen LogP contribution in [0.4, 0.5) is 13.2 Å². The number of carbonyl (C=O) groups is 2. The number of benzene rings is 1. The van der Waals surface area contributed by atoms with Crippen molar-refractivity contribution in [2.24, 2.45) is 5.92 Å². The van der Waals surface area contributed by atoms with E-state index in [1.807, 2.05) is 6.07 Å². The predicted octanol–water partition coefficient (Wildman–Crippen LogP) is 4.85. The van der Waals surface area contributed by atoms with Crippen molar-refractivity contribution in [2.45, 2.75) is 62.6 Å². The third-order valence-electron chi connectivity index (χ3n) is 7.34. The molecule has 0 radical (unpaired) electrons. The van der Waals surface area contributed by atoms with Gasteiger partial charge in [-0.05, 0) is 85.7 Å². The van der Waals surface area contributed by atoms with Crippen molar-refractivity contribution < 1.29 is 32.3 Å². The summed E-state index contributed by atoms with van der Waals surface area (Å²) in [5, 5.41) is 10.3. The van der Waals surface area contributed by atoms with Gasteiger partial charge in [-0.25, -0.2) is 4.79 Å². The minimum Gasteiger partial charge on any atom is -0.475 e. The number of amides is 1. The normalized spacial score (nSPS) is 21.2. The van der Waals surface area contributed by atoms with Crippen LogP contribution in [-0.4, -0.2) is 47.7 Å². The molecule has 1 unspecified atom stereocenters. The second-order valence-corrected chi connectivity index (χ2v) is 9.88. The summed E-state index contributed by atoms with van der Waals surface area (Å²) in [5.74, 6) is -0.365. The molecule has 1 aromatic carbocycles. The van der Waals surface area contributed by atoms with Crippen LogP contribution in [0.5, 0.6) is 0 Å². The van der Waals surface area contributed by atoms with Gasteiger partial charge in [0.25, 0.3) is 0 Å². The Labute approximate surface area is 202 Å². The molecule has 190 valence electrons. The van der Waals surface area contributed by atoms with Crippen LogP contribution < -0.4 is 5.32 Å². The molecule has 2 fully saturated rings. The molecule has 1 amide bonds. The van der Waals surface area contributed by atoms with E-state index in [-0.39, 0.29) is 11.3 Å². The molecule has 0 bridgehead atoms. The number of halogens is 3. The lowest BCUT2D eigenvalue weighted by Crippen LogP contribution is -2.41. The molecule has 2 aliphatic carbocycles. The number of rotatable bonds is 6. The van der Waals surface area contributed by atoms with Crippen LogP contribution in [0.25, 0.3) is 0 Å². The first-order valence-electron chi connectivity index (χ1n) is 12.1. The Kier molecular flexibility index (Phi) is 7.54. The summed E-state index contributed by atoms with van der Waals surface area (Å²) in [6.45, 7) is 3.96. The summed E-state index contributed by atoms with van der Waals surface area (Å²) < 4.78 is 37.3. The fraction of sp³-hybridized carbons (Fsp3) is 0.538. The van der Waals surface area contributed by atoms with Gasteiger partial charge in [-0.2, -0.15) is 13.2 Å². The Morgan fingerprint density at radius 1 is 1.11 bits per heavy atom. The molecule has 1 aromatic heterocycles. The molecule has 1 spiro atoms. The van der Waals surface area contributed by atoms with Gasteiger partial charge >= 0.3 is 12.1 Å². The van der Waals surface area contributed by atoms with Crippen molar-refractivity contribution >= 4 is 11.9 Å². The number of alkyl halides is 3. The van der Waals surface area contributed by atoms with Gasteiger partial charge in [0.15, 0.2) is 0 Å². The van der Waals surface area contributed by atoms with E-state index in [1.165, 1.54) is 36.8 Å². The van der Waals surface area contributed by atoms with Crippen molar-refractivity contribution in [3.8, 4) is 0 Å². The molecular weight excluding hydrogens is 461 g/mol. The molecule has 35 heavy (non-hydrogen) atoms. The predicted molar refractivity (Wildman–Crippen MR) is 123 cm³/mol. The summed E-state index contributed by atoms with van der Waals surface area (Å²) in [6, 6.07) is 12.9. The maximum absolute atomic E-state index is 12.5. The van der Waals surface area contributed by atoms with Crippen molar-refractivity contribution in [3.05, 3.63) is 59.5 Å². The van der Waals surface area contributed by atoms with Gasteiger partial charge in [-0.3, -0.25) is 9.69 Å². The van der Waals surface area contributed by atoms with Crippen LogP contribution in [-0.2, 0) is 21.5 Å². The number of nitrogens with zero attached hydrogens (tertiary/aromatic N) is 1. The number of furan rings is 1. The van der Waals surface area contributed by atoms with Crippen LogP contribution in [0.1, 0.15) is 61.3 Å². The molecule has 9 heteroatoms. The number of nitrogens with one attached hydrogen (secondary N) is 1. The second kappa shape index (κ2) is 10.4. The van der Waals surface area contributed by atoms with E-state index in [1.54, 1.807) is 6.26 Å². The highest BCUT2D eigenvalue weighted by Crippen LogP contribution is 2.52. The maximum Gasteiger partial charge on any atom is 0.490 e. The van der Waals surface area contributed by atoms with Crippen molar-refractivity contribution in [3.63, 3.8) is 0 Å². The van der Waals surface area contributed by atoms with E-state index >= 15 is 0 Å². The number of likely N-dealkylation sites (tertiary alicyclic amines) is 1. The molecule has 5 rings (SSSR count). The summed E-state index contributed by atoms with van der Waals surface area (Å²) in [4.78, 5) is 23.9. The molecule has 2 N–H and O–H groups in total. The largest absolute Gasteiger partial charge is 0.490 e. The second-order valence-electron chi connectivity index (χ2n) is 9.88. The lowest BCUT2D eigenvalue weighted by atomic mass is 9.73. The van der Waals surface area contributed by atoms with E-state index in [9.17, 15) is 18.0 Å². The van der Waals surface area contributed by atoms with Crippen LogP contribution in [0, 0.1) is 5.92 Å². The van der Waals surface area contributed by atoms with Crippen LogP contribution in [0.3, 0.4) is 0 Å². The van der Waals surface area contributed by atoms with E-state index in [2.05, 4.69) is 40.5 Å². The molecule has 1 saturated carbocycles. The quantitative estimate of drug-likeness (QED) is 0.603. The lowest BCUT2D eigenvalue weighted by molar-refractivity contribution is -0.192. The number of fused-ring (bicyclic) bond motifs is 2. The molecule has 1 aliphatic heterocycles. The Balaban J connectivity index is 0.000000364. The van der Waals surface area contributed by atoms with Crippen LogP contribution in [0.2, 0.25) is 0 Å². The van der Waals surface area contributed by atoms with E-state index in [0.717, 1.165) is 44.3 Å². The molecule has 6 nitrogen and oxygen atoms in total. The van der Waals surface area contributed by atoms with Gasteiger partial charge < -0.3 is 14.8 Å². The third-order valence-corrected chi connectivity index (χ3v) is 7.34. The van der Waals surface area contributed by atoms with Crippen LogP contribution in [0.15, 0.2) is 47.1 Å². The number of hydrogen-bond donors (Lipinski definition) is 2. The average Bonchev–Trinajstić information content (AvgIpc) is 3.43. The zero-order valence-corrected chi connectivity index (χ0v) is 19.5. The molecule has 2 aromatic rings. The van der Waals surface area contributed by atoms with Crippen LogP contribution >= 0.6 is 0 Å². The molecule has 1 saturated heterocycles. The highest BCUT2D eigenvalue weighted by molar-refractivity contribution is 5.77. The molecule has 2 heterocycles. The minimum atomic E-state index is -5.08. The number of aliphatic carboxylic acids is 1. The molecule has 3 aliphatic rings. The standard InChI is InChI=1S/C24H30N2O2.C2HF3O2/c27-23(25-16-18-7-8-18)14-19-15-24(22-6-2-1-5-21(19)22)9-11-26(12-10-24)17-20-4-3-13-28-20;3-2(4,5)1(6)7/h1-6,13,18-19H,7-12,14-17H2,(H,25,27);(H,6,7). The smallest absolute Gasteiger partial charge is 0.475 e.